The van der Waals surface area contributed by atoms with Crippen LogP contribution in [0.2, 0.25) is 0 Å². The van der Waals surface area contributed by atoms with Crippen LogP contribution in [0.5, 0.6) is 5.75 Å². The third-order valence-electron chi connectivity index (χ3n) is 5.89. The molecule has 29 heavy (non-hydrogen) atoms. The maximum Gasteiger partial charge on any atom is 0.227 e. The van der Waals surface area contributed by atoms with Crippen LogP contribution in [-0.2, 0) is 9.59 Å². The molecule has 0 spiro atoms. The van der Waals surface area contributed by atoms with Crippen molar-refractivity contribution in [3.63, 3.8) is 0 Å². The Bertz CT molecular complexity index is 656. The molecule has 2 aliphatic heterocycles. The number of likely N-dealkylation sites (tertiary alicyclic amines) is 2. The number of carbonyl (C=O) groups is 2. The van der Waals surface area contributed by atoms with E-state index in [1.807, 2.05) is 47.1 Å². The standard InChI is InChI=1S/C22H33N3O3.ClH/c1-17(23)20-11-5-6-14-25(20)22(27)18-8-7-13-24(16-18)21(26)12-15-28-19-9-3-2-4-10-19;/h2-4,9-10,17-18,20H,5-8,11-16,23H2,1H3;1H. The van der Waals surface area contributed by atoms with E-state index in [1.54, 1.807) is 0 Å². The monoisotopic (exact) mass is 423 g/mol. The topological polar surface area (TPSA) is 75.9 Å². The second-order valence-corrected chi connectivity index (χ2v) is 8.04. The molecule has 1 aromatic rings. The highest BCUT2D eigenvalue weighted by Crippen LogP contribution is 2.25. The van der Waals surface area contributed by atoms with Gasteiger partial charge >= 0.3 is 0 Å². The molecule has 2 heterocycles. The fourth-order valence-electron chi connectivity index (χ4n) is 4.35. The maximum atomic E-state index is 13.1. The van der Waals surface area contributed by atoms with E-state index in [0.29, 0.717) is 19.6 Å². The van der Waals surface area contributed by atoms with Gasteiger partial charge in [-0.1, -0.05) is 18.2 Å². The Balaban J connectivity index is 0.00000300. The zero-order valence-electron chi connectivity index (χ0n) is 17.3. The molecule has 3 unspecified atom stereocenters. The molecule has 3 atom stereocenters. The van der Waals surface area contributed by atoms with E-state index in [2.05, 4.69) is 0 Å². The summed E-state index contributed by atoms with van der Waals surface area (Å²) in [5.74, 6) is 0.914. The van der Waals surface area contributed by atoms with Crippen LogP contribution in [-0.4, -0.2) is 59.9 Å². The van der Waals surface area contributed by atoms with E-state index in [1.165, 1.54) is 0 Å². The lowest BCUT2D eigenvalue weighted by Gasteiger charge is -2.42. The molecule has 0 aliphatic carbocycles. The molecule has 0 saturated carbocycles. The molecule has 1 aromatic carbocycles. The number of hydrogen-bond donors (Lipinski definition) is 1. The lowest BCUT2D eigenvalue weighted by molar-refractivity contribution is -0.144. The van der Waals surface area contributed by atoms with Crippen molar-refractivity contribution in [2.45, 2.75) is 57.5 Å². The quantitative estimate of drug-likeness (QED) is 0.763. The van der Waals surface area contributed by atoms with Crippen LogP contribution < -0.4 is 10.5 Å². The second kappa shape index (κ2) is 11.4. The average molecular weight is 424 g/mol. The van der Waals surface area contributed by atoms with Gasteiger partial charge in [0.25, 0.3) is 0 Å². The number of carbonyl (C=O) groups excluding carboxylic acids is 2. The van der Waals surface area contributed by atoms with Gasteiger partial charge in [0.05, 0.1) is 18.9 Å². The number of para-hydroxylation sites is 1. The van der Waals surface area contributed by atoms with Crippen molar-refractivity contribution in [1.82, 2.24) is 9.80 Å². The number of piperidine rings is 2. The molecule has 0 aromatic heterocycles. The minimum Gasteiger partial charge on any atom is -0.493 e. The summed E-state index contributed by atoms with van der Waals surface area (Å²) in [5.41, 5.74) is 6.13. The Morgan fingerprint density at radius 2 is 1.90 bits per heavy atom. The Hall–Kier alpha value is -1.79. The Morgan fingerprint density at radius 1 is 1.14 bits per heavy atom. The van der Waals surface area contributed by atoms with Crippen molar-refractivity contribution in [2.24, 2.45) is 11.7 Å². The van der Waals surface area contributed by atoms with Gasteiger partial charge in [-0.2, -0.15) is 0 Å². The normalized spacial score (nSPS) is 23.1. The largest absolute Gasteiger partial charge is 0.493 e. The number of nitrogens with two attached hydrogens (primary N) is 1. The number of halogens is 1. The summed E-state index contributed by atoms with van der Waals surface area (Å²) in [7, 11) is 0. The lowest BCUT2D eigenvalue weighted by atomic mass is 9.91. The summed E-state index contributed by atoms with van der Waals surface area (Å²) in [6.07, 6.45) is 5.22. The summed E-state index contributed by atoms with van der Waals surface area (Å²) < 4.78 is 5.64. The van der Waals surface area contributed by atoms with E-state index < -0.39 is 0 Å². The van der Waals surface area contributed by atoms with Gasteiger partial charge < -0.3 is 20.3 Å². The van der Waals surface area contributed by atoms with E-state index in [-0.39, 0.29) is 42.2 Å². The number of ether oxygens (including phenoxy) is 1. The van der Waals surface area contributed by atoms with Crippen molar-refractivity contribution < 1.29 is 14.3 Å². The average Bonchev–Trinajstić information content (AvgIpc) is 2.74. The van der Waals surface area contributed by atoms with Gasteiger partial charge in [0, 0.05) is 31.7 Å². The van der Waals surface area contributed by atoms with E-state index >= 15 is 0 Å². The zero-order chi connectivity index (χ0) is 19.9. The van der Waals surface area contributed by atoms with Crippen molar-refractivity contribution in [3.8, 4) is 5.75 Å². The molecule has 2 saturated heterocycles. The number of nitrogens with zero attached hydrogens (tertiary/aromatic N) is 2. The molecule has 2 aliphatic rings. The van der Waals surface area contributed by atoms with Gasteiger partial charge in [0.1, 0.15) is 5.75 Å². The number of hydrogen-bond acceptors (Lipinski definition) is 4. The summed E-state index contributed by atoms with van der Waals surface area (Å²) in [6, 6.07) is 9.64. The predicted octanol–water partition coefficient (Wildman–Crippen LogP) is 2.84. The van der Waals surface area contributed by atoms with Crippen LogP contribution >= 0.6 is 12.4 Å². The third-order valence-corrected chi connectivity index (χ3v) is 5.89. The Morgan fingerprint density at radius 3 is 2.62 bits per heavy atom. The molecular weight excluding hydrogens is 390 g/mol. The predicted molar refractivity (Wildman–Crippen MR) is 116 cm³/mol. The highest BCUT2D eigenvalue weighted by molar-refractivity contribution is 5.85. The first kappa shape index (κ1) is 23.5. The van der Waals surface area contributed by atoms with Gasteiger partial charge in [-0.25, -0.2) is 0 Å². The third kappa shape index (κ3) is 6.34. The molecule has 7 heteroatoms. The van der Waals surface area contributed by atoms with Gasteiger partial charge in [-0.3, -0.25) is 9.59 Å². The second-order valence-electron chi connectivity index (χ2n) is 8.04. The molecule has 2 fully saturated rings. The first-order valence-electron chi connectivity index (χ1n) is 10.6. The Labute approximate surface area is 180 Å². The minimum atomic E-state index is -0.105. The summed E-state index contributed by atoms with van der Waals surface area (Å²) in [6.45, 7) is 4.38. The lowest BCUT2D eigenvalue weighted by Crippen LogP contribution is -2.55. The van der Waals surface area contributed by atoms with Crippen LogP contribution in [0.4, 0.5) is 0 Å². The smallest absolute Gasteiger partial charge is 0.227 e. The molecular formula is C22H34ClN3O3. The van der Waals surface area contributed by atoms with Gasteiger partial charge in [0.2, 0.25) is 11.8 Å². The van der Waals surface area contributed by atoms with E-state index in [0.717, 1.165) is 50.9 Å². The van der Waals surface area contributed by atoms with Gasteiger partial charge in [0.15, 0.2) is 0 Å². The van der Waals surface area contributed by atoms with Crippen molar-refractivity contribution in [2.75, 3.05) is 26.2 Å². The first-order chi connectivity index (χ1) is 13.6. The van der Waals surface area contributed by atoms with Crippen LogP contribution in [0.3, 0.4) is 0 Å². The van der Waals surface area contributed by atoms with Gasteiger partial charge in [-0.15, -0.1) is 12.4 Å². The van der Waals surface area contributed by atoms with Crippen LogP contribution in [0.1, 0.15) is 45.4 Å². The molecule has 3 rings (SSSR count). The molecule has 6 nitrogen and oxygen atoms in total. The maximum absolute atomic E-state index is 13.1. The number of rotatable bonds is 6. The molecule has 0 radical (unpaired) electrons. The van der Waals surface area contributed by atoms with Crippen molar-refractivity contribution in [3.05, 3.63) is 30.3 Å². The molecule has 2 N–H and O–H groups in total. The molecule has 0 bridgehead atoms. The molecule has 162 valence electrons. The number of benzene rings is 1. The van der Waals surface area contributed by atoms with Crippen LogP contribution in [0.25, 0.3) is 0 Å². The summed E-state index contributed by atoms with van der Waals surface area (Å²) in [4.78, 5) is 29.6. The van der Waals surface area contributed by atoms with Crippen molar-refractivity contribution in [1.29, 1.82) is 0 Å². The SMILES string of the molecule is CC(N)C1CCCCN1C(=O)C1CCCN(C(=O)CCOc2ccccc2)C1.Cl. The van der Waals surface area contributed by atoms with E-state index in [4.69, 9.17) is 10.5 Å². The van der Waals surface area contributed by atoms with Gasteiger partial charge in [-0.05, 0) is 51.2 Å². The molecule has 2 amide bonds. The minimum absolute atomic E-state index is 0. The summed E-state index contributed by atoms with van der Waals surface area (Å²) >= 11 is 0. The summed E-state index contributed by atoms with van der Waals surface area (Å²) in [5, 5.41) is 0. The highest BCUT2D eigenvalue weighted by atomic mass is 35.5. The van der Waals surface area contributed by atoms with E-state index in [9.17, 15) is 9.59 Å². The van der Waals surface area contributed by atoms with Crippen molar-refractivity contribution >= 4 is 24.2 Å². The van der Waals surface area contributed by atoms with Crippen LogP contribution in [0.15, 0.2) is 30.3 Å². The highest BCUT2D eigenvalue weighted by Gasteiger charge is 2.36. The zero-order valence-corrected chi connectivity index (χ0v) is 18.1. The van der Waals surface area contributed by atoms with Crippen LogP contribution in [0, 0.1) is 5.92 Å². The fraction of sp³-hybridized carbons (Fsp3) is 0.636. The first-order valence-corrected chi connectivity index (χ1v) is 10.6. The Kier molecular flexibility index (Phi) is 9.24. The fourth-order valence-corrected chi connectivity index (χ4v) is 4.35. The number of amides is 2.